The van der Waals surface area contributed by atoms with E-state index in [1.807, 2.05) is 72.8 Å². The topological polar surface area (TPSA) is 100 Å². The summed E-state index contributed by atoms with van der Waals surface area (Å²) >= 11 is 0. The second kappa shape index (κ2) is 11.8. The van der Waals surface area contributed by atoms with Crippen LogP contribution in [0.2, 0.25) is 0 Å². The van der Waals surface area contributed by atoms with Crippen molar-refractivity contribution in [3.8, 4) is 0 Å². The highest BCUT2D eigenvalue weighted by molar-refractivity contribution is 5.94. The van der Waals surface area contributed by atoms with Crippen molar-refractivity contribution in [2.75, 3.05) is 0 Å². The van der Waals surface area contributed by atoms with Gasteiger partial charge in [0.1, 0.15) is 0 Å². The van der Waals surface area contributed by atoms with Gasteiger partial charge in [0, 0.05) is 21.5 Å². The number of fused-ring (bicyclic) bond motifs is 4. The van der Waals surface area contributed by atoms with E-state index in [1.165, 1.54) is 45.8 Å². The smallest absolute Gasteiger partial charge is 0.335 e. The van der Waals surface area contributed by atoms with Crippen LogP contribution in [0.15, 0.2) is 133 Å². The monoisotopic (exact) mass is 524 g/mol. The predicted molar refractivity (Wildman–Crippen MR) is 159 cm³/mol. The standard InChI is InChI=1S/2C13H9N.C8H6O4/c2*1-3-7-12-10(5-1)9-11-6-2-4-8-13(11)14-12;9-7(10)5-1-2-6(4-3-5)8(11)12/h2*1-9H;1-4H,(H,9,10)(H,11,12). The van der Waals surface area contributed by atoms with Gasteiger partial charge in [-0.15, -0.1) is 0 Å². The Balaban J connectivity index is 0.000000122. The van der Waals surface area contributed by atoms with E-state index < -0.39 is 11.9 Å². The number of hydrogen-bond acceptors (Lipinski definition) is 4. The first kappa shape index (κ1) is 26.0. The SMILES string of the molecule is O=C(O)c1ccc(C(=O)O)cc1.c1ccc2nc3ccccc3cc2c1.c1ccc2nc3ccccc3cc2c1. The van der Waals surface area contributed by atoms with E-state index in [0.717, 1.165) is 22.1 Å². The Kier molecular flexibility index (Phi) is 7.69. The number of para-hydroxylation sites is 4. The van der Waals surface area contributed by atoms with Crippen molar-refractivity contribution in [1.82, 2.24) is 9.97 Å². The molecule has 0 aliphatic heterocycles. The van der Waals surface area contributed by atoms with Gasteiger partial charge in [0.25, 0.3) is 0 Å². The molecule has 2 aromatic heterocycles. The average Bonchev–Trinajstić information content (AvgIpc) is 2.99. The van der Waals surface area contributed by atoms with Crippen molar-refractivity contribution in [3.63, 3.8) is 0 Å². The molecule has 0 saturated heterocycles. The molecular weight excluding hydrogens is 500 g/mol. The van der Waals surface area contributed by atoms with Crippen molar-refractivity contribution in [1.29, 1.82) is 0 Å². The van der Waals surface area contributed by atoms with E-state index in [4.69, 9.17) is 10.2 Å². The molecular formula is C34H24N2O4. The second-order valence-corrected chi connectivity index (χ2v) is 8.94. The summed E-state index contributed by atoms with van der Waals surface area (Å²) < 4.78 is 0. The van der Waals surface area contributed by atoms with Crippen LogP contribution in [0.4, 0.5) is 0 Å². The molecule has 5 aromatic carbocycles. The number of carboxylic acid groups (broad SMARTS) is 2. The number of pyridine rings is 2. The number of hydrogen-bond donors (Lipinski definition) is 2. The van der Waals surface area contributed by atoms with Gasteiger partial charge < -0.3 is 10.2 Å². The number of benzene rings is 5. The van der Waals surface area contributed by atoms with Gasteiger partial charge in [-0.25, -0.2) is 19.6 Å². The predicted octanol–water partition coefficient (Wildman–Crippen LogP) is 7.86. The third-order valence-electron chi connectivity index (χ3n) is 6.23. The number of nitrogens with zero attached hydrogens (tertiary/aromatic N) is 2. The molecule has 0 spiro atoms. The molecule has 7 rings (SSSR count). The van der Waals surface area contributed by atoms with Crippen molar-refractivity contribution >= 4 is 55.6 Å². The molecule has 0 aliphatic carbocycles. The summed E-state index contributed by atoms with van der Waals surface area (Å²) in [5.41, 5.74) is 4.41. The van der Waals surface area contributed by atoms with Crippen LogP contribution in [0.5, 0.6) is 0 Å². The van der Waals surface area contributed by atoms with Crippen LogP contribution in [0.25, 0.3) is 43.6 Å². The Bertz CT molecular complexity index is 1610. The van der Waals surface area contributed by atoms with Gasteiger partial charge in [0.05, 0.1) is 33.2 Å². The van der Waals surface area contributed by atoms with E-state index in [1.54, 1.807) is 0 Å². The van der Waals surface area contributed by atoms with Gasteiger partial charge in [-0.2, -0.15) is 0 Å². The summed E-state index contributed by atoms with van der Waals surface area (Å²) in [6.07, 6.45) is 0. The Hall–Kier alpha value is -5.62. The van der Waals surface area contributed by atoms with Crippen molar-refractivity contribution in [3.05, 3.63) is 145 Å². The zero-order chi connectivity index (χ0) is 27.9. The van der Waals surface area contributed by atoms with E-state index in [2.05, 4.69) is 46.4 Å². The molecule has 0 unspecified atom stereocenters. The van der Waals surface area contributed by atoms with Crippen LogP contribution >= 0.6 is 0 Å². The number of aromatic carboxylic acids is 2. The summed E-state index contributed by atoms with van der Waals surface area (Å²) in [7, 11) is 0. The third-order valence-corrected chi connectivity index (χ3v) is 6.23. The van der Waals surface area contributed by atoms with E-state index in [9.17, 15) is 9.59 Å². The highest BCUT2D eigenvalue weighted by Gasteiger charge is 2.05. The Morgan fingerprint density at radius 3 is 0.900 bits per heavy atom. The van der Waals surface area contributed by atoms with Gasteiger partial charge >= 0.3 is 11.9 Å². The van der Waals surface area contributed by atoms with E-state index in [0.29, 0.717) is 0 Å². The van der Waals surface area contributed by atoms with Crippen LogP contribution in [-0.2, 0) is 0 Å². The van der Waals surface area contributed by atoms with Crippen molar-refractivity contribution in [2.45, 2.75) is 0 Å². The van der Waals surface area contributed by atoms with Crippen molar-refractivity contribution in [2.24, 2.45) is 0 Å². The van der Waals surface area contributed by atoms with Crippen LogP contribution in [0.3, 0.4) is 0 Å². The molecule has 6 nitrogen and oxygen atoms in total. The molecule has 0 radical (unpaired) electrons. The van der Waals surface area contributed by atoms with Gasteiger partial charge in [-0.3, -0.25) is 0 Å². The number of carboxylic acids is 2. The van der Waals surface area contributed by atoms with Crippen LogP contribution < -0.4 is 0 Å². The molecule has 194 valence electrons. The Labute approximate surface area is 229 Å². The summed E-state index contributed by atoms with van der Waals surface area (Å²) in [6.45, 7) is 0. The molecule has 0 bridgehead atoms. The van der Waals surface area contributed by atoms with Gasteiger partial charge in [0.2, 0.25) is 0 Å². The minimum absolute atomic E-state index is 0.0833. The number of carbonyl (C=O) groups is 2. The van der Waals surface area contributed by atoms with Gasteiger partial charge in [0.15, 0.2) is 0 Å². The van der Waals surface area contributed by atoms with Gasteiger partial charge in [-0.05, 0) is 60.7 Å². The summed E-state index contributed by atoms with van der Waals surface area (Å²) in [5.74, 6) is -2.13. The molecule has 0 saturated carbocycles. The first-order chi connectivity index (χ1) is 19.5. The maximum Gasteiger partial charge on any atom is 0.335 e. The Morgan fingerprint density at radius 1 is 0.400 bits per heavy atom. The average molecular weight is 525 g/mol. The molecule has 2 heterocycles. The molecule has 0 aliphatic rings. The van der Waals surface area contributed by atoms with E-state index >= 15 is 0 Å². The number of rotatable bonds is 2. The fourth-order valence-electron chi connectivity index (χ4n) is 4.20. The maximum atomic E-state index is 10.3. The maximum absolute atomic E-state index is 10.3. The first-order valence-corrected chi connectivity index (χ1v) is 12.5. The lowest BCUT2D eigenvalue weighted by Gasteiger charge is -1.99. The highest BCUT2D eigenvalue weighted by Crippen LogP contribution is 2.19. The lowest BCUT2D eigenvalue weighted by atomic mass is 10.1. The molecule has 7 aromatic rings. The molecule has 0 amide bonds. The van der Waals surface area contributed by atoms with Crippen LogP contribution in [0, 0.1) is 0 Å². The van der Waals surface area contributed by atoms with E-state index in [-0.39, 0.29) is 11.1 Å². The van der Waals surface area contributed by atoms with Crippen molar-refractivity contribution < 1.29 is 19.8 Å². The van der Waals surface area contributed by atoms with Gasteiger partial charge in [-0.1, -0.05) is 72.8 Å². The summed E-state index contributed by atoms with van der Waals surface area (Å²) in [5, 5.41) is 21.7. The molecule has 40 heavy (non-hydrogen) atoms. The zero-order valence-electron chi connectivity index (χ0n) is 21.3. The summed E-state index contributed by atoms with van der Waals surface area (Å²) in [6, 6.07) is 42.2. The lowest BCUT2D eigenvalue weighted by molar-refractivity contribution is 0.0681. The highest BCUT2D eigenvalue weighted by atomic mass is 16.4. The quantitative estimate of drug-likeness (QED) is 0.223. The molecule has 2 N–H and O–H groups in total. The zero-order valence-corrected chi connectivity index (χ0v) is 21.3. The fourth-order valence-corrected chi connectivity index (χ4v) is 4.20. The first-order valence-electron chi connectivity index (χ1n) is 12.5. The lowest BCUT2D eigenvalue weighted by Crippen LogP contribution is -1.99. The normalized spacial score (nSPS) is 10.4. The third kappa shape index (κ3) is 6.09. The molecule has 0 fully saturated rings. The van der Waals surface area contributed by atoms with Crippen LogP contribution in [0.1, 0.15) is 20.7 Å². The summed E-state index contributed by atoms with van der Waals surface area (Å²) in [4.78, 5) is 29.8. The molecule has 6 heteroatoms. The minimum atomic E-state index is -1.06. The largest absolute Gasteiger partial charge is 0.478 e. The fraction of sp³-hybridized carbons (Fsp3) is 0. The second-order valence-electron chi connectivity index (χ2n) is 8.94. The number of aromatic nitrogens is 2. The molecule has 0 atom stereocenters. The van der Waals surface area contributed by atoms with Crippen LogP contribution in [-0.4, -0.2) is 32.1 Å². The minimum Gasteiger partial charge on any atom is -0.478 e. The Morgan fingerprint density at radius 2 is 0.650 bits per heavy atom.